The normalized spacial score (nSPS) is 10.2. The van der Waals surface area contributed by atoms with Crippen molar-refractivity contribution in [2.45, 2.75) is 13.3 Å². The van der Waals surface area contributed by atoms with Gasteiger partial charge in [0.15, 0.2) is 0 Å². The van der Waals surface area contributed by atoms with Crippen LogP contribution in [0.5, 0.6) is 0 Å². The maximum absolute atomic E-state index is 5.70. The molecule has 0 saturated carbocycles. The second-order valence-electron chi connectivity index (χ2n) is 2.92. The van der Waals surface area contributed by atoms with E-state index in [2.05, 4.69) is 21.8 Å². The van der Waals surface area contributed by atoms with Crippen molar-refractivity contribution in [2.24, 2.45) is 5.73 Å². The largest absolute Gasteiger partial charge is 0.341 e. The van der Waals surface area contributed by atoms with Crippen molar-refractivity contribution >= 4 is 17.5 Å². The van der Waals surface area contributed by atoms with Crippen LogP contribution in [-0.2, 0) is 0 Å². The molecule has 4 nitrogen and oxygen atoms in total. The summed E-state index contributed by atoms with van der Waals surface area (Å²) < 4.78 is 0. The first-order chi connectivity index (χ1) is 6.77. The standard InChI is InChI=1S/C9H15ClN4/c1-2-14(5-3-4-11)9-12-6-8(10)7-13-9/h6-7H,2-5,11H2,1H3. The zero-order chi connectivity index (χ0) is 10.4. The summed E-state index contributed by atoms with van der Waals surface area (Å²) in [7, 11) is 0. The van der Waals surface area contributed by atoms with Crippen molar-refractivity contribution in [3.8, 4) is 0 Å². The summed E-state index contributed by atoms with van der Waals surface area (Å²) in [5.41, 5.74) is 5.45. The van der Waals surface area contributed by atoms with E-state index in [9.17, 15) is 0 Å². The third-order valence-corrected chi connectivity index (χ3v) is 2.10. The van der Waals surface area contributed by atoms with E-state index >= 15 is 0 Å². The van der Waals surface area contributed by atoms with E-state index in [1.165, 1.54) is 0 Å². The number of nitrogens with zero attached hydrogens (tertiary/aromatic N) is 3. The minimum Gasteiger partial charge on any atom is -0.341 e. The Kier molecular flexibility index (Phi) is 4.62. The van der Waals surface area contributed by atoms with Gasteiger partial charge < -0.3 is 10.6 Å². The molecule has 1 aromatic heterocycles. The number of rotatable bonds is 5. The Morgan fingerprint density at radius 2 is 2.07 bits per heavy atom. The molecule has 1 aromatic rings. The van der Waals surface area contributed by atoms with Gasteiger partial charge in [0, 0.05) is 13.1 Å². The molecule has 14 heavy (non-hydrogen) atoms. The van der Waals surface area contributed by atoms with E-state index in [4.69, 9.17) is 17.3 Å². The van der Waals surface area contributed by atoms with Crippen LogP contribution < -0.4 is 10.6 Å². The quantitative estimate of drug-likeness (QED) is 0.803. The van der Waals surface area contributed by atoms with Crippen molar-refractivity contribution in [3.63, 3.8) is 0 Å². The predicted molar refractivity (Wildman–Crippen MR) is 58.6 cm³/mol. The predicted octanol–water partition coefficient (Wildman–Crippen LogP) is 1.31. The summed E-state index contributed by atoms with van der Waals surface area (Å²) in [6.07, 6.45) is 4.16. The van der Waals surface area contributed by atoms with Crippen LogP contribution in [0.4, 0.5) is 5.95 Å². The molecule has 0 unspecified atom stereocenters. The molecule has 0 atom stereocenters. The Hall–Kier alpha value is -0.870. The molecule has 1 heterocycles. The van der Waals surface area contributed by atoms with Gasteiger partial charge in [0.05, 0.1) is 17.4 Å². The smallest absolute Gasteiger partial charge is 0.225 e. The van der Waals surface area contributed by atoms with Crippen molar-refractivity contribution < 1.29 is 0 Å². The van der Waals surface area contributed by atoms with Gasteiger partial charge in [0.1, 0.15) is 0 Å². The van der Waals surface area contributed by atoms with Crippen LogP contribution in [-0.4, -0.2) is 29.6 Å². The molecule has 0 amide bonds. The van der Waals surface area contributed by atoms with Crippen LogP contribution in [0.15, 0.2) is 12.4 Å². The molecule has 78 valence electrons. The van der Waals surface area contributed by atoms with Gasteiger partial charge in [-0.05, 0) is 19.9 Å². The molecule has 2 N–H and O–H groups in total. The summed E-state index contributed by atoms with van der Waals surface area (Å²) in [5, 5.41) is 0.559. The Balaban J connectivity index is 2.64. The zero-order valence-corrected chi connectivity index (χ0v) is 9.04. The first-order valence-electron chi connectivity index (χ1n) is 4.70. The second kappa shape index (κ2) is 5.78. The topological polar surface area (TPSA) is 55.0 Å². The van der Waals surface area contributed by atoms with E-state index in [-0.39, 0.29) is 0 Å². The van der Waals surface area contributed by atoms with Crippen LogP contribution >= 0.6 is 11.6 Å². The highest BCUT2D eigenvalue weighted by Gasteiger charge is 2.05. The summed E-state index contributed by atoms with van der Waals surface area (Å²) in [6.45, 7) is 4.51. The van der Waals surface area contributed by atoms with Gasteiger partial charge in [-0.15, -0.1) is 0 Å². The van der Waals surface area contributed by atoms with Crippen LogP contribution in [0.3, 0.4) is 0 Å². The van der Waals surface area contributed by atoms with Crippen molar-refractivity contribution in [1.29, 1.82) is 0 Å². The molecule has 0 aliphatic heterocycles. The second-order valence-corrected chi connectivity index (χ2v) is 3.36. The summed E-state index contributed by atoms with van der Waals surface area (Å²) in [5.74, 6) is 0.713. The maximum Gasteiger partial charge on any atom is 0.225 e. The Labute approximate surface area is 89.1 Å². The van der Waals surface area contributed by atoms with E-state index in [0.717, 1.165) is 19.5 Å². The number of anilines is 1. The minimum atomic E-state index is 0.559. The van der Waals surface area contributed by atoms with Gasteiger partial charge in [0.2, 0.25) is 5.95 Å². The van der Waals surface area contributed by atoms with E-state index in [0.29, 0.717) is 17.5 Å². The lowest BCUT2D eigenvalue weighted by atomic mass is 10.4. The van der Waals surface area contributed by atoms with Crippen LogP contribution in [0.2, 0.25) is 5.02 Å². The van der Waals surface area contributed by atoms with Crippen molar-refractivity contribution in [1.82, 2.24) is 9.97 Å². The minimum absolute atomic E-state index is 0.559. The number of nitrogens with two attached hydrogens (primary N) is 1. The van der Waals surface area contributed by atoms with Crippen molar-refractivity contribution in [3.05, 3.63) is 17.4 Å². The SMILES string of the molecule is CCN(CCCN)c1ncc(Cl)cn1. The molecule has 0 aliphatic carbocycles. The average Bonchev–Trinajstić information content (AvgIpc) is 2.21. The lowest BCUT2D eigenvalue weighted by Crippen LogP contribution is -2.27. The fourth-order valence-electron chi connectivity index (χ4n) is 1.15. The molecule has 1 rings (SSSR count). The monoisotopic (exact) mass is 214 g/mol. The van der Waals surface area contributed by atoms with E-state index < -0.39 is 0 Å². The molecule has 5 heteroatoms. The van der Waals surface area contributed by atoms with Gasteiger partial charge >= 0.3 is 0 Å². The van der Waals surface area contributed by atoms with E-state index in [1.807, 2.05) is 0 Å². The molecular weight excluding hydrogens is 200 g/mol. The van der Waals surface area contributed by atoms with E-state index in [1.54, 1.807) is 12.4 Å². The number of halogens is 1. The highest BCUT2D eigenvalue weighted by molar-refractivity contribution is 6.30. The molecule has 0 spiro atoms. The summed E-state index contributed by atoms with van der Waals surface area (Å²) in [6, 6.07) is 0. The summed E-state index contributed by atoms with van der Waals surface area (Å²) in [4.78, 5) is 10.4. The van der Waals surface area contributed by atoms with Crippen LogP contribution in [0, 0.1) is 0 Å². The highest BCUT2D eigenvalue weighted by Crippen LogP contribution is 2.09. The molecular formula is C9H15ClN4. The number of hydrogen-bond donors (Lipinski definition) is 1. The highest BCUT2D eigenvalue weighted by atomic mass is 35.5. The lowest BCUT2D eigenvalue weighted by Gasteiger charge is -2.19. The lowest BCUT2D eigenvalue weighted by molar-refractivity contribution is 0.733. The number of aromatic nitrogens is 2. The van der Waals surface area contributed by atoms with Crippen LogP contribution in [0.1, 0.15) is 13.3 Å². The van der Waals surface area contributed by atoms with Gasteiger partial charge in [0.25, 0.3) is 0 Å². The van der Waals surface area contributed by atoms with Crippen molar-refractivity contribution in [2.75, 3.05) is 24.5 Å². The molecule has 0 radical (unpaired) electrons. The zero-order valence-electron chi connectivity index (χ0n) is 8.28. The average molecular weight is 215 g/mol. The maximum atomic E-state index is 5.70. The fraction of sp³-hybridized carbons (Fsp3) is 0.556. The Morgan fingerprint density at radius 3 is 2.57 bits per heavy atom. The van der Waals surface area contributed by atoms with Gasteiger partial charge in [-0.3, -0.25) is 0 Å². The third kappa shape index (κ3) is 3.12. The third-order valence-electron chi connectivity index (χ3n) is 1.90. The van der Waals surface area contributed by atoms with Gasteiger partial charge in [-0.2, -0.15) is 0 Å². The number of hydrogen-bond acceptors (Lipinski definition) is 4. The molecule has 0 saturated heterocycles. The first kappa shape index (κ1) is 11.2. The Bertz CT molecular complexity index is 262. The van der Waals surface area contributed by atoms with Gasteiger partial charge in [-0.25, -0.2) is 9.97 Å². The summed E-state index contributed by atoms with van der Waals surface area (Å²) >= 11 is 5.70. The van der Waals surface area contributed by atoms with Crippen LogP contribution in [0.25, 0.3) is 0 Å². The molecule has 0 fully saturated rings. The molecule has 0 aromatic carbocycles. The molecule has 0 aliphatic rings. The first-order valence-corrected chi connectivity index (χ1v) is 5.08. The Morgan fingerprint density at radius 1 is 1.43 bits per heavy atom. The fourth-order valence-corrected chi connectivity index (χ4v) is 1.25. The molecule has 0 bridgehead atoms. The van der Waals surface area contributed by atoms with Gasteiger partial charge in [-0.1, -0.05) is 11.6 Å².